The predicted octanol–water partition coefficient (Wildman–Crippen LogP) is 2.55. The Morgan fingerprint density at radius 3 is 1.55 bits per heavy atom. The van der Waals surface area contributed by atoms with Gasteiger partial charge in [0.25, 0.3) is 0 Å². The number of hydrogen-bond donors (Lipinski definition) is 2. The van der Waals surface area contributed by atoms with Crippen molar-refractivity contribution in [3.63, 3.8) is 0 Å². The van der Waals surface area contributed by atoms with E-state index in [2.05, 4.69) is 10.6 Å². The average molecular weight is 266 g/mol. The zero-order chi connectivity index (χ0) is 14.3. The van der Waals surface area contributed by atoms with Gasteiger partial charge in [0.1, 0.15) is 0 Å². The number of benzene rings is 2. The van der Waals surface area contributed by atoms with Crippen molar-refractivity contribution in [3.05, 3.63) is 58.7 Å². The predicted molar refractivity (Wildman–Crippen MR) is 78.8 cm³/mol. The summed E-state index contributed by atoms with van der Waals surface area (Å²) < 4.78 is 0. The van der Waals surface area contributed by atoms with Crippen molar-refractivity contribution >= 4 is 22.9 Å². The van der Waals surface area contributed by atoms with Crippen molar-refractivity contribution in [2.45, 2.75) is 0 Å². The second kappa shape index (κ2) is 4.49. The quantitative estimate of drug-likeness (QED) is 0.748. The Hall–Kier alpha value is -2.62. The molecule has 0 atom stereocenters. The van der Waals surface area contributed by atoms with E-state index >= 15 is 0 Å². The molecule has 0 heterocycles. The lowest BCUT2D eigenvalue weighted by Crippen LogP contribution is -2.23. The molecule has 0 bridgehead atoms. The number of hydrogen-bond acceptors (Lipinski definition) is 4. The van der Waals surface area contributed by atoms with Crippen LogP contribution >= 0.6 is 0 Å². The number of rotatable bonds is 2. The van der Waals surface area contributed by atoms with Gasteiger partial charge in [-0.05, 0) is 12.1 Å². The van der Waals surface area contributed by atoms with Gasteiger partial charge < -0.3 is 10.6 Å². The van der Waals surface area contributed by atoms with Crippen LogP contribution in [-0.2, 0) is 0 Å². The monoisotopic (exact) mass is 266 g/mol. The van der Waals surface area contributed by atoms with E-state index in [9.17, 15) is 9.59 Å². The minimum Gasteiger partial charge on any atom is -0.388 e. The van der Waals surface area contributed by atoms with Gasteiger partial charge in [-0.2, -0.15) is 0 Å². The van der Waals surface area contributed by atoms with Crippen molar-refractivity contribution in [1.29, 1.82) is 0 Å². The highest BCUT2D eigenvalue weighted by Gasteiger charge is 2.32. The van der Waals surface area contributed by atoms with E-state index < -0.39 is 0 Å². The zero-order valence-electron chi connectivity index (χ0n) is 11.3. The molecule has 2 aromatic carbocycles. The Labute approximate surface area is 116 Å². The maximum Gasteiger partial charge on any atom is 0.198 e. The molecule has 0 fully saturated rings. The van der Waals surface area contributed by atoms with Crippen molar-refractivity contribution in [2.75, 3.05) is 24.7 Å². The summed E-state index contributed by atoms with van der Waals surface area (Å²) >= 11 is 0. The number of nitrogens with one attached hydrogen (secondary N) is 2. The van der Waals surface area contributed by atoms with Crippen molar-refractivity contribution < 1.29 is 9.59 Å². The molecule has 0 saturated carbocycles. The van der Waals surface area contributed by atoms with Gasteiger partial charge in [0.15, 0.2) is 11.6 Å². The molecule has 0 radical (unpaired) electrons. The smallest absolute Gasteiger partial charge is 0.198 e. The second-order valence-corrected chi connectivity index (χ2v) is 4.61. The molecule has 1 aliphatic carbocycles. The van der Waals surface area contributed by atoms with Crippen LogP contribution in [0.4, 0.5) is 11.4 Å². The fourth-order valence-electron chi connectivity index (χ4n) is 2.66. The summed E-state index contributed by atoms with van der Waals surface area (Å²) in [5.41, 5.74) is 3.19. The maximum atomic E-state index is 12.8. The van der Waals surface area contributed by atoms with E-state index in [0.29, 0.717) is 33.6 Å². The summed E-state index contributed by atoms with van der Waals surface area (Å²) in [5.74, 6) is -0.228. The van der Waals surface area contributed by atoms with Gasteiger partial charge in [-0.25, -0.2) is 0 Å². The first-order valence-corrected chi connectivity index (χ1v) is 6.40. The number of anilines is 2. The molecule has 0 aliphatic heterocycles. The lowest BCUT2D eigenvalue weighted by atomic mass is 9.82. The van der Waals surface area contributed by atoms with E-state index in [1.165, 1.54) is 0 Å². The minimum atomic E-state index is -0.121. The highest BCUT2D eigenvalue weighted by Crippen LogP contribution is 2.34. The number of carbonyl (C=O) groups excluding carboxylic acids is 2. The van der Waals surface area contributed by atoms with Crippen LogP contribution in [0.1, 0.15) is 31.8 Å². The number of fused-ring (bicyclic) bond motifs is 2. The van der Waals surface area contributed by atoms with Gasteiger partial charge in [-0.1, -0.05) is 24.3 Å². The molecule has 20 heavy (non-hydrogen) atoms. The molecule has 1 aliphatic rings. The van der Waals surface area contributed by atoms with Crippen LogP contribution in [0.5, 0.6) is 0 Å². The van der Waals surface area contributed by atoms with Crippen LogP contribution in [0.3, 0.4) is 0 Å². The first kappa shape index (κ1) is 12.4. The van der Waals surface area contributed by atoms with Crippen LogP contribution in [0.15, 0.2) is 36.4 Å². The van der Waals surface area contributed by atoms with Gasteiger partial charge in [0.2, 0.25) is 0 Å². The summed E-state index contributed by atoms with van der Waals surface area (Å²) in [5, 5.41) is 5.96. The molecule has 0 unspecified atom stereocenters. The normalized spacial score (nSPS) is 12.7. The number of ketones is 2. The Morgan fingerprint density at radius 1 is 0.700 bits per heavy atom. The van der Waals surface area contributed by atoms with E-state index in [0.717, 1.165) is 0 Å². The molecule has 100 valence electrons. The molecule has 4 heteroatoms. The third-order valence-corrected chi connectivity index (χ3v) is 3.61. The summed E-state index contributed by atoms with van der Waals surface area (Å²) in [6.45, 7) is 0. The van der Waals surface area contributed by atoms with Gasteiger partial charge in [0.05, 0.1) is 11.1 Å². The Bertz CT molecular complexity index is 676. The van der Waals surface area contributed by atoms with E-state index in [1.807, 2.05) is 0 Å². The lowest BCUT2D eigenvalue weighted by Gasteiger charge is -2.22. The molecule has 0 saturated heterocycles. The van der Waals surface area contributed by atoms with Crippen LogP contribution in [0, 0.1) is 0 Å². The highest BCUT2D eigenvalue weighted by molar-refractivity contribution is 6.31. The molecule has 4 nitrogen and oxygen atoms in total. The molecule has 0 spiro atoms. The molecular weight excluding hydrogens is 252 g/mol. The van der Waals surface area contributed by atoms with E-state index in [4.69, 9.17) is 0 Å². The zero-order valence-corrected chi connectivity index (χ0v) is 11.3. The van der Waals surface area contributed by atoms with Crippen molar-refractivity contribution in [1.82, 2.24) is 0 Å². The SMILES string of the molecule is CNc1cccc2c1C(=O)c1c(NC)cccc1C2=O. The minimum absolute atomic E-state index is 0.108. The van der Waals surface area contributed by atoms with Crippen molar-refractivity contribution in [2.24, 2.45) is 0 Å². The molecule has 0 aromatic heterocycles. The van der Waals surface area contributed by atoms with Crippen molar-refractivity contribution in [3.8, 4) is 0 Å². The Morgan fingerprint density at radius 2 is 1.15 bits per heavy atom. The maximum absolute atomic E-state index is 12.8. The van der Waals surface area contributed by atoms with Gasteiger partial charge in [-0.3, -0.25) is 9.59 Å². The standard InChI is InChI=1S/C16H14N2O2/c1-17-11-7-3-5-9-13(11)16(20)14-10(15(9)19)6-4-8-12(14)18-2/h3-8,17-18H,1-2H3. The first-order valence-electron chi connectivity index (χ1n) is 6.40. The van der Waals surface area contributed by atoms with Crippen LogP contribution in [0.2, 0.25) is 0 Å². The molecule has 3 rings (SSSR count). The van der Waals surface area contributed by atoms with Gasteiger partial charge >= 0.3 is 0 Å². The summed E-state index contributed by atoms with van der Waals surface area (Å²) in [7, 11) is 3.49. The largest absolute Gasteiger partial charge is 0.388 e. The van der Waals surface area contributed by atoms with Crippen LogP contribution in [-0.4, -0.2) is 25.7 Å². The summed E-state index contributed by atoms with van der Waals surface area (Å²) in [6, 6.07) is 10.6. The van der Waals surface area contributed by atoms with E-state index in [1.54, 1.807) is 50.5 Å². The fourth-order valence-corrected chi connectivity index (χ4v) is 2.66. The molecule has 0 amide bonds. The second-order valence-electron chi connectivity index (χ2n) is 4.61. The van der Waals surface area contributed by atoms with E-state index in [-0.39, 0.29) is 11.6 Å². The third-order valence-electron chi connectivity index (χ3n) is 3.61. The fraction of sp³-hybridized carbons (Fsp3) is 0.125. The highest BCUT2D eigenvalue weighted by atomic mass is 16.1. The molecule has 2 aromatic rings. The average Bonchev–Trinajstić information content (AvgIpc) is 2.50. The topological polar surface area (TPSA) is 58.2 Å². The first-order chi connectivity index (χ1) is 9.69. The Kier molecular flexibility index (Phi) is 2.79. The van der Waals surface area contributed by atoms with Gasteiger partial charge in [0, 0.05) is 36.6 Å². The molecule has 2 N–H and O–H groups in total. The van der Waals surface area contributed by atoms with Crippen LogP contribution in [0.25, 0.3) is 0 Å². The molecular formula is C16H14N2O2. The summed E-state index contributed by atoms with van der Waals surface area (Å²) in [4.78, 5) is 25.4. The number of carbonyl (C=O) groups is 2. The third kappa shape index (κ3) is 1.54. The van der Waals surface area contributed by atoms with Crippen LogP contribution < -0.4 is 10.6 Å². The summed E-state index contributed by atoms with van der Waals surface area (Å²) in [6.07, 6.45) is 0. The van der Waals surface area contributed by atoms with Gasteiger partial charge in [-0.15, -0.1) is 0 Å². The lowest BCUT2D eigenvalue weighted by molar-refractivity contribution is 0.0980. The Balaban J connectivity index is 2.34.